The highest BCUT2D eigenvalue weighted by molar-refractivity contribution is 5.60. The van der Waals surface area contributed by atoms with Crippen LogP contribution in [0.1, 0.15) is 17.4 Å². The third-order valence-electron chi connectivity index (χ3n) is 3.55. The molecule has 0 spiro atoms. The molecule has 23 heavy (non-hydrogen) atoms. The van der Waals surface area contributed by atoms with E-state index in [1.807, 2.05) is 49.7 Å². The lowest BCUT2D eigenvalue weighted by molar-refractivity contribution is 0.247. The smallest absolute Gasteiger partial charge is 0.227 e. The molecule has 2 aromatic heterocycles. The Labute approximate surface area is 133 Å². The molecule has 1 unspecified atom stereocenters. The highest BCUT2D eigenvalue weighted by Crippen LogP contribution is 2.31. The van der Waals surface area contributed by atoms with Crippen LogP contribution in [-0.2, 0) is 7.05 Å². The summed E-state index contributed by atoms with van der Waals surface area (Å²) in [6.07, 6.45) is 9.14. The van der Waals surface area contributed by atoms with Gasteiger partial charge in [0.05, 0.1) is 17.6 Å². The Morgan fingerprint density at radius 2 is 2.13 bits per heavy atom. The molecule has 1 N–H and O–H groups in total. The average Bonchev–Trinajstić information content (AvgIpc) is 2.99. The number of benzene rings is 1. The summed E-state index contributed by atoms with van der Waals surface area (Å²) in [6, 6.07) is 9.80. The first-order chi connectivity index (χ1) is 11.3. The first kappa shape index (κ1) is 13.5. The summed E-state index contributed by atoms with van der Waals surface area (Å²) < 4.78 is 7.72. The molecule has 0 fully saturated rings. The van der Waals surface area contributed by atoms with Crippen molar-refractivity contribution in [1.82, 2.24) is 19.7 Å². The summed E-state index contributed by atoms with van der Waals surface area (Å²) in [5.41, 5.74) is 2.72. The van der Waals surface area contributed by atoms with Gasteiger partial charge < -0.3 is 10.1 Å². The molecule has 0 saturated carbocycles. The summed E-state index contributed by atoms with van der Waals surface area (Å²) in [6.45, 7) is 0. The molecule has 6 nitrogen and oxygen atoms in total. The maximum absolute atomic E-state index is 6.01. The normalized spacial score (nSPS) is 15.8. The maximum Gasteiger partial charge on any atom is 0.227 e. The van der Waals surface area contributed by atoms with Gasteiger partial charge in [-0.2, -0.15) is 5.10 Å². The van der Waals surface area contributed by atoms with Crippen molar-refractivity contribution in [2.24, 2.45) is 7.05 Å². The van der Waals surface area contributed by atoms with Crippen LogP contribution >= 0.6 is 0 Å². The second-order valence-electron chi connectivity index (χ2n) is 5.27. The summed E-state index contributed by atoms with van der Waals surface area (Å²) in [7, 11) is 1.86. The van der Waals surface area contributed by atoms with Crippen LogP contribution in [0.5, 0.6) is 5.75 Å². The van der Waals surface area contributed by atoms with Gasteiger partial charge in [-0.25, -0.2) is 9.97 Å². The largest absolute Gasteiger partial charge is 0.479 e. The van der Waals surface area contributed by atoms with Gasteiger partial charge in [0.2, 0.25) is 5.95 Å². The highest BCUT2D eigenvalue weighted by Gasteiger charge is 2.18. The van der Waals surface area contributed by atoms with Crippen molar-refractivity contribution in [3.05, 3.63) is 66.3 Å². The Hall–Kier alpha value is -3.15. The fourth-order valence-corrected chi connectivity index (χ4v) is 2.46. The molecule has 0 aliphatic carbocycles. The predicted octanol–water partition coefficient (Wildman–Crippen LogP) is 3.10. The lowest BCUT2D eigenvalue weighted by Crippen LogP contribution is -2.11. The molecule has 1 aliphatic heterocycles. The monoisotopic (exact) mass is 305 g/mol. The molecule has 0 bridgehead atoms. The molecule has 0 saturated heterocycles. The van der Waals surface area contributed by atoms with Gasteiger partial charge in [0.15, 0.2) is 6.10 Å². The van der Waals surface area contributed by atoms with Crippen LogP contribution in [0.15, 0.2) is 55.0 Å². The van der Waals surface area contributed by atoms with E-state index in [1.54, 1.807) is 17.1 Å². The highest BCUT2D eigenvalue weighted by atomic mass is 16.5. The second kappa shape index (κ2) is 5.57. The van der Waals surface area contributed by atoms with Crippen molar-refractivity contribution >= 4 is 17.7 Å². The number of anilines is 2. The zero-order chi connectivity index (χ0) is 15.6. The van der Waals surface area contributed by atoms with E-state index in [9.17, 15) is 0 Å². The zero-order valence-corrected chi connectivity index (χ0v) is 12.5. The van der Waals surface area contributed by atoms with Crippen molar-refractivity contribution in [2.75, 3.05) is 5.32 Å². The van der Waals surface area contributed by atoms with E-state index in [1.165, 1.54) is 0 Å². The zero-order valence-electron chi connectivity index (χ0n) is 12.5. The van der Waals surface area contributed by atoms with Gasteiger partial charge in [0.25, 0.3) is 0 Å². The van der Waals surface area contributed by atoms with Crippen molar-refractivity contribution in [1.29, 1.82) is 0 Å². The molecule has 1 aromatic carbocycles. The quantitative estimate of drug-likeness (QED) is 0.805. The minimum Gasteiger partial charge on any atom is -0.479 e. The molecule has 3 aromatic rings. The van der Waals surface area contributed by atoms with E-state index in [4.69, 9.17) is 4.74 Å². The average molecular weight is 305 g/mol. The number of hydrogen-bond acceptors (Lipinski definition) is 5. The van der Waals surface area contributed by atoms with E-state index in [-0.39, 0.29) is 6.10 Å². The maximum atomic E-state index is 6.01. The lowest BCUT2D eigenvalue weighted by Gasteiger charge is -2.21. The van der Waals surface area contributed by atoms with Crippen LogP contribution in [0, 0.1) is 0 Å². The molecular formula is C17H15N5O. The molecule has 3 heterocycles. The number of aryl methyl sites for hydroxylation is 1. The Balaban J connectivity index is 1.57. The second-order valence-corrected chi connectivity index (χ2v) is 5.27. The van der Waals surface area contributed by atoms with Crippen LogP contribution in [0.3, 0.4) is 0 Å². The van der Waals surface area contributed by atoms with Crippen molar-refractivity contribution in [3.8, 4) is 5.75 Å². The number of nitrogens with one attached hydrogen (secondary N) is 1. The number of fused-ring (bicyclic) bond motifs is 1. The molecule has 1 aliphatic rings. The summed E-state index contributed by atoms with van der Waals surface area (Å²) in [4.78, 5) is 8.78. The van der Waals surface area contributed by atoms with Crippen LogP contribution in [0.25, 0.3) is 6.08 Å². The third kappa shape index (κ3) is 2.78. The number of nitrogens with zero attached hydrogens (tertiary/aromatic N) is 4. The fourth-order valence-electron chi connectivity index (χ4n) is 2.46. The Morgan fingerprint density at radius 3 is 3.00 bits per heavy atom. The molecule has 1 atom stereocenters. The number of rotatable bonds is 3. The van der Waals surface area contributed by atoms with Gasteiger partial charge in [-0.05, 0) is 18.2 Å². The van der Waals surface area contributed by atoms with E-state index >= 15 is 0 Å². The van der Waals surface area contributed by atoms with Gasteiger partial charge in [-0.3, -0.25) is 4.68 Å². The first-order valence-electron chi connectivity index (χ1n) is 7.30. The van der Waals surface area contributed by atoms with E-state index in [0.717, 1.165) is 22.7 Å². The van der Waals surface area contributed by atoms with Gasteiger partial charge in [-0.15, -0.1) is 0 Å². The standard InChI is InChI=1S/C17H15N5O/c1-22-11-13(10-19-22)20-17-18-9-8-14(21-17)16-7-6-12-4-2-3-5-15(12)23-16/h2-11,16H,1H3,(H,18,20,21). The molecule has 0 radical (unpaired) electrons. The minimum absolute atomic E-state index is 0.220. The van der Waals surface area contributed by atoms with Crippen LogP contribution < -0.4 is 10.1 Å². The van der Waals surface area contributed by atoms with Crippen molar-refractivity contribution in [3.63, 3.8) is 0 Å². The Morgan fingerprint density at radius 1 is 1.22 bits per heavy atom. The topological polar surface area (TPSA) is 64.9 Å². The predicted molar refractivity (Wildman–Crippen MR) is 87.4 cm³/mol. The number of ether oxygens (including phenoxy) is 1. The molecular weight excluding hydrogens is 290 g/mol. The number of aromatic nitrogens is 4. The number of hydrogen-bond donors (Lipinski definition) is 1. The molecule has 6 heteroatoms. The van der Waals surface area contributed by atoms with Crippen LogP contribution in [0.2, 0.25) is 0 Å². The Kier molecular flexibility index (Phi) is 3.27. The summed E-state index contributed by atoms with van der Waals surface area (Å²) in [5.74, 6) is 1.38. The van der Waals surface area contributed by atoms with E-state index in [2.05, 4.69) is 26.5 Å². The summed E-state index contributed by atoms with van der Waals surface area (Å²) >= 11 is 0. The Bertz CT molecular complexity index is 871. The SMILES string of the molecule is Cn1cc(Nc2nccc(C3C=Cc4ccccc4O3)n2)cn1. The van der Waals surface area contributed by atoms with Crippen molar-refractivity contribution in [2.45, 2.75) is 6.10 Å². The lowest BCUT2D eigenvalue weighted by atomic mass is 10.1. The molecule has 4 rings (SSSR count). The van der Waals surface area contributed by atoms with Gasteiger partial charge in [-0.1, -0.05) is 24.3 Å². The molecule has 0 amide bonds. The third-order valence-corrected chi connectivity index (χ3v) is 3.55. The fraction of sp³-hybridized carbons (Fsp3) is 0.118. The van der Waals surface area contributed by atoms with Crippen LogP contribution in [-0.4, -0.2) is 19.7 Å². The molecule has 114 valence electrons. The number of para-hydroxylation sites is 1. The first-order valence-corrected chi connectivity index (χ1v) is 7.30. The minimum atomic E-state index is -0.220. The summed E-state index contributed by atoms with van der Waals surface area (Å²) in [5, 5.41) is 7.25. The van der Waals surface area contributed by atoms with Gasteiger partial charge in [0.1, 0.15) is 5.75 Å². The van der Waals surface area contributed by atoms with Crippen molar-refractivity contribution < 1.29 is 4.74 Å². The van der Waals surface area contributed by atoms with E-state index < -0.39 is 0 Å². The van der Waals surface area contributed by atoms with E-state index in [0.29, 0.717) is 5.95 Å². The van der Waals surface area contributed by atoms with Gasteiger partial charge >= 0.3 is 0 Å². The van der Waals surface area contributed by atoms with Gasteiger partial charge in [0, 0.05) is 25.0 Å². The van der Waals surface area contributed by atoms with Crippen LogP contribution in [0.4, 0.5) is 11.6 Å².